The van der Waals surface area contributed by atoms with Crippen LogP contribution in [-0.2, 0) is 11.3 Å². The van der Waals surface area contributed by atoms with Crippen LogP contribution in [0.2, 0.25) is 0 Å². The van der Waals surface area contributed by atoms with Crippen LogP contribution >= 0.6 is 0 Å². The molecule has 5 heteroatoms. The summed E-state index contributed by atoms with van der Waals surface area (Å²) < 4.78 is 13.2. The number of hydrogen-bond acceptors (Lipinski definition) is 3. The molecule has 1 N–H and O–H groups in total. The lowest BCUT2D eigenvalue weighted by Crippen LogP contribution is -2.53. The normalized spacial score (nSPS) is 17.7. The molecule has 0 spiro atoms. The second kappa shape index (κ2) is 9.14. The molecule has 1 saturated carbocycles. The molecular weight excluding hydrogens is 329 g/mol. The van der Waals surface area contributed by atoms with Crippen molar-refractivity contribution in [3.8, 4) is 6.07 Å². The van der Waals surface area contributed by atoms with E-state index in [0.29, 0.717) is 12.6 Å². The van der Waals surface area contributed by atoms with Crippen LogP contribution in [0.5, 0.6) is 0 Å². The smallest absolute Gasteiger partial charge is 0.235 e. The predicted molar refractivity (Wildman–Crippen MR) is 101 cm³/mol. The Morgan fingerprint density at radius 3 is 2.46 bits per heavy atom. The molecule has 1 aromatic carbocycles. The van der Waals surface area contributed by atoms with Crippen LogP contribution in [0.15, 0.2) is 24.3 Å². The number of hydrogen-bond donors (Lipinski definition) is 1. The highest BCUT2D eigenvalue weighted by Gasteiger charge is 2.31. The first-order valence-corrected chi connectivity index (χ1v) is 9.55. The topological polar surface area (TPSA) is 56.1 Å². The number of rotatable bonds is 7. The summed E-state index contributed by atoms with van der Waals surface area (Å²) in [5, 5.41) is 12.3. The molecule has 26 heavy (non-hydrogen) atoms. The summed E-state index contributed by atoms with van der Waals surface area (Å²) in [5.41, 5.74) is 0.127. The second-order valence-corrected chi connectivity index (χ2v) is 7.84. The van der Waals surface area contributed by atoms with Crippen molar-refractivity contribution in [1.29, 1.82) is 5.26 Å². The molecule has 1 atom stereocenters. The SMILES string of the molecule is CC(C)[C@@](C)(C#N)NC(=O)CN(Cc1ccc(F)cc1)C1CCCCC1. The first-order chi connectivity index (χ1) is 12.3. The van der Waals surface area contributed by atoms with Gasteiger partial charge in [-0.2, -0.15) is 5.26 Å². The highest BCUT2D eigenvalue weighted by Crippen LogP contribution is 2.24. The summed E-state index contributed by atoms with van der Waals surface area (Å²) in [7, 11) is 0. The van der Waals surface area contributed by atoms with Gasteiger partial charge in [-0.15, -0.1) is 0 Å². The van der Waals surface area contributed by atoms with Crippen molar-refractivity contribution in [2.45, 2.75) is 71.0 Å². The molecule has 1 aromatic rings. The zero-order valence-electron chi connectivity index (χ0n) is 16.1. The summed E-state index contributed by atoms with van der Waals surface area (Å²) in [6, 6.07) is 9.04. The van der Waals surface area contributed by atoms with Gasteiger partial charge in [0.15, 0.2) is 0 Å². The zero-order valence-corrected chi connectivity index (χ0v) is 16.1. The molecule has 1 fully saturated rings. The number of benzene rings is 1. The predicted octanol–water partition coefficient (Wildman–Crippen LogP) is 4.01. The minimum absolute atomic E-state index is 0.0247. The van der Waals surface area contributed by atoms with Crippen molar-refractivity contribution < 1.29 is 9.18 Å². The molecule has 0 aliphatic heterocycles. The first kappa shape index (κ1) is 20.4. The Kier molecular flexibility index (Phi) is 7.16. The fraction of sp³-hybridized carbons (Fsp3) is 0.619. The molecule has 0 heterocycles. The first-order valence-electron chi connectivity index (χ1n) is 9.55. The van der Waals surface area contributed by atoms with Gasteiger partial charge < -0.3 is 5.32 Å². The van der Waals surface area contributed by atoms with E-state index >= 15 is 0 Å². The number of carbonyl (C=O) groups excluding carboxylic acids is 1. The van der Waals surface area contributed by atoms with Crippen LogP contribution in [0.3, 0.4) is 0 Å². The number of carbonyl (C=O) groups is 1. The minimum Gasteiger partial charge on any atom is -0.337 e. The van der Waals surface area contributed by atoms with Gasteiger partial charge in [-0.1, -0.05) is 45.2 Å². The van der Waals surface area contributed by atoms with Crippen molar-refractivity contribution >= 4 is 5.91 Å². The van der Waals surface area contributed by atoms with Gasteiger partial charge in [0.2, 0.25) is 5.91 Å². The number of nitriles is 1. The van der Waals surface area contributed by atoms with E-state index in [0.717, 1.165) is 18.4 Å². The third kappa shape index (κ3) is 5.54. The summed E-state index contributed by atoms with van der Waals surface area (Å²) in [4.78, 5) is 14.8. The molecule has 4 nitrogen and oxygen atoms in total. The molecule has 0 bridgehead atoms. The molecule has 0 saturated heterocycles. The van der Waals surface area contributed by atoms with Crippen molar-refractivity contribution in [2.75, 3.05) is 6.54 Å². The van der Waals surface area contributed by atoms with E-state index in [1.165, 1.54) is 31.4 Å². The van der Waals surface area contributed by atoms with E-state index in [1.54, 1.807) is 19.1 Å². The molecule has 0 unspecified atom stereocenters. The van der Waals surface area contributed by atoms with E-state index in [1.807, 2.05) is 13.8 Å². The Labute approximate surface area is 156 Å². The van der Waals surface area contributed by atoms with Crippen LogP contribution < -0.4 is 5.32 Å². The third-order valence-electron chi connectivity index (χ3n) is 5.52. The van der Waals surface area contributed by atoms with E-state index < -0.39 is 5.54 Å². The Morgan fingerprint density at radius 1 is 1.31 bits per heavy atom. The quantitative estimate of drug-likeness (QED) is 0.800. The Morgan fingerprint density at radius 2 is 1.92 bits per heavy atom. The summed E-state index contributed by atoms with van der Waals surface area (Å²) in [6.45, 7) is 6.50. The second-order valence-electron chi connectivity index (χ2n) is 7.84. The Hall–Kier alpha value is -1.93. The average molecular weight is 359 g/mol. The van der Waals surface area contributed by atoms with Crippen molar-refractivity contribution in [2.24, 2.45) is 5.92 Å². The molecule has 1 amide bonds. The highest BCUT2D eigenvalue weighted by molar-refractivity contribution is 5.79. The maximum atomic E-state index is 13.2. The fourth-order valence-corrected chi connectivity index (χ4v) is 3.40. The standard InChI is InChI=1S/C21H30FN3O/c1-16(2)21(3,15-23)24-20(26)14-25(19-7-5-4-6-8-19)13-17-9-11-18(22)12-10-17/h9-12,16,19H,4-8,13-14H2,1-3H3,(H,24,26)/t21-/m1/s1. The summed E-state index contributed by atoms with van der Waals surface area (Å²) in [6.07, 6.45) is 5.75. The molecule has 1 aliphatic carbocycles. The van der Waals surface area contributed by atoms with Crippen molar-refractivity contribution in [3.63, 3.8) is 0 Å². The van der Waals surface area contributed by atoms with Crippen LogP contribution in [-0.4, -0.2) is 28.9 Å². The summed E-state index contributed by atoms with van der Waals surface area (Å²) in [5.74, 6) is -0.357. The fourth-order valence-electron chi connectivity index (χ4n) is 3.40. The average Bonchev–Trinajstić information content (AvgIpc) is 2.63. The molecule has 142 valence electrons. The number of nitrogens with one attached hydrogen (secondary N) is 1. The van der Waals surface area contributed by atoms with Crippen LogP contribution in [0.4, 0.5) is 4.39 Å². The van der Waals surface area contributed by atoms with E-state index in [-0.39, 0.29) is 24.2 Å². The van der Waals surface area contributed by atoms with Crippen molar-refractivity contribution in [1.82, 2.24) is 10.2 Å². The molecular formula is C21H30FN3O. The van der Waals surface area contributed by atoms with Gasteiger partial charge >= 0.3 is 0 Å². The number of amides is 1. The lowest BCUT2D eigenvalue weighted by Gasteiger charge is -2.35. The van der Waals surface area contributed by atoms with Gasteiger partial charge in [0.1, 0.15) is 11.4 Å². The van der Waals surface area contributed by atoms with Gasteiger partial charge in [0, 0.05) is 12.6 Å². The zero-order chi connectivity index (χ0) is 19.2. The van der Waals surface area contributed by atoms with Gasteiger partial charge in [-0.25, -0.2) is 4.39 Å². The molecule has 1 aliphatic rings. The monoisotopic (exact) mass is 359 g/mol. The Bertz CT molecular complexity index is 632. The number of nitrogens with zero attached hydrogens (tertiary/aromatic N) is 2. The van der Waals surface area contributed by atoms with E-state index in [4.69, 9.17) is 0 Å². The van der Waals surface area contributed by atoms with Gasteiger partial charge in [0.25, 0.3) is 0 Å². The maximum absolute atomic E-state index is 13.2. The number of halogens is 1. The maximum Gasteiger partial charge on any atom is 0.235 e. The van der Waals surface area contributed by atoms with Crippen LogP contribution in [0.1, 0.15) is 58.4 Å². The molecule has 0 radical (unpaired) electrons. The third-order valence-corrected chi connectivity index (χ3v) is 5.52. The largest absolute Gasteiger partial charge is 0.337 e. The van der Waals surface area contributed by atoms with Gasteiger partial charge in [0.05, 0.1) is 12.6 Å². The van der Waals surface area contributed by atoms with Gasteiger partial charge in [-0.3, -0.25) is 9.69 Å². The van der Waals surface area contributed by atoms with Gasteiger partial charge in [-0.05, 0) is 43.4 Å². The minimum atomic E-state index is -0.870. The van der Waals surface area contributed by atoms with Crippen LogP contribution in [0, 0.1) is 23.1 Å². The highest BCUT2D eigenvalue weighted by atomic mass is 19.1. The van der Waals surface area contributed by atoms with E-state index in [9.17, 15) is 14.4 Å². The molecule has 2 rings (SSSR count). The molecule has 0 aromatic heterocycles. The lowest BCUT2D eigenvalue weighted by atomic mass is 9.90. The van der Waals surface area contributed by atoms with Crippen molar-refractivity contribution in [3.05, 3.63) is 35.6 Å². The van der Waals surface area contributed by atoms with E-state index in [2.05, 4.69) is 16.3 Å². The summed E-state index contributed by atoms with van der Waals surface area (Å²) >= 11 is 0. The lowest BCUT2D eigenvalue weighted by molar-refractivity contribution is -0.124. The Balaban J connectivity index is 2.09. The van der Waals surface area contributed by atoms with Crippen LogP contribution in [0.25, 0.3) is 0 Å².